The van der Waals surface area contributed by atoms with Gasteiger partial charge in [0.05, 0.1) is 0 Å². The summed E-state index contributed by atoms with van der Waals surface area (Å²) in [5, 5.41) is 3.65. The van der Waals surface area contributed by atoms with Crippen LogP contribution in [-0.2, 0) is 0 Å². The molecule has 1 nitrogen and oxygen atoms in total. The number of nitrogens with one attached hydrogen (secondary N) is 1. The Kier molecular flexibility index (Phi) is 4.58. The normalized spacial score (nSPS) is 30.8. The van der Waals surface area contributed by atoms with Gasteiger partial charge in [-0.15, -0.1) is 0 Å². The summed E-state index contributed by atoms with van der Waals surface area (Å²) < 4.78 is 0. The molecule has 0 aromatic rings. The van der Waals surface area contributed by atoms with Gasteiger partial charge < -0.3 is 5.32 Å². The zero-order valence-corrected chi connectivity index (χ0v) is 14.0. The zero-order valence-electron chi connectivity index (χ0n) is 14.0. The van der Waals surface area contributed by atoms with Gasteiger partial charge in [0, 0.05) is 0 Å². The van der Waals surface area contributed by atoms with Crippen LogP contribution in [0.5, 0.6) is 0 Å². The van der Waals surface area contributed by atoms with Gasteiger partial charge in [-0.25, -0.2) is 0 Å². The molecular formula is C17H35N. The molecule has 0 bridgehead atoms. The second-order valence-electron chi connectivity index (χ2n) is 8.80. The first-order chi connectivity index (χ1) is 8.01. The summed E-state index contributed by atoms with van der Waals surface area (Å²) in [4.78, 5) is 0. The molecule has 108 valence electrons. The second-order valence-corrected chi connectivity index (χ2v) is 8.80. The largest absolute Gasteiger partial charge is 0.316 e. The van der Waals surface area contributed by atoms with Crippen molar-refractivity contribution in [2.24, 2.45) is 28.1 Å². The Balaban J connectivity index is 2.45. The minimum Gasteiger partial charge on any atom is -0.316 e. The Morgan fingerprint density at radius 1 is 1.11 bits per heavy atom. The van der Waals surface area contributed by atoms with Crippen molar-refractivity contribution in [3.63, 3.8) is 0 Å². The van der Waals surface area contributed by atoms with E-state index in [1.54, 1.807) is 0 Å². The van der Waals surface area contributed by atoms with Crippen molar-refractivity contribution in [2.75, 3.05) is 13.1 Å². The fourth-order valence-electron chi connectivity index (χ4n) is 3.33. The van der Waals surface area contributed by atoms with Crippen LogP contribution in [0.15, 0.2) is 0 Å². The summed E-state index contributed by atoms with van der Waals surface area (Å²) in [6.45, 7) is 21.4. The lowest BCUT2D eigenvalue weighted by atomic mass is 9.83. The molecule has 0 aromatic carbocycles. The molecule has 1 aliphatic rings. The van der Waals surface area contributed by atoms with Gasteiger partial charge in [0.1, 0.15) is 0 Å². The Labute approximate surface area is 115 Å². The van der Waals surface area contributed by atoms with E-state index in [9.17, 15) is 0 Å². The minimum absolute atomic E-state index is 0.470. The maximum absolute atomic E-state index is 3.65. The summed E-state index contributed by atoms with van der Waals surface area (Å²) in [5.74, 6) is 1.61. The molecule has 0 radical (unpaired) electrons. The third-order valence-corrected chi connectivity index (χ3v) is 5.32. The van der Waals surface area contributed by atoms with Gasteiger partial charge in [0.2, 0.25) is 0 Å². The summed E-state index contributed by atoms with van der Waals surface area (Å²) >= 11 is 0. The number of rotatable bonds is 6. The number of hydrogen-bond acceptors (Lipinski definition) is 1. The summed E-state index contributed by atoms with van der Waals surface area (Å²) in [7, 11) is 0. The topological polar surface area (TPSA) is 12.0 Å². The van der Waals surface area contributed by atoms with Gasteiger partial charge in [-0.1, -0.05) is 55.4 Å². The van der Waals surface area contributed by atoms with Crippen LogP contribution in [0.4, 0.5) is 0 Å². The second kappa shape index (κ2) is 5.15. The van der Waals surface area contributed by atoms with E-state index < -0.39 is 0 Å². The minimum atomic E-state index is 0.470. The summed E-state index contributed by atoms with van der Waals surface area (Å²) in [5.41, 5.74) is 1.53. The first kappa shape index (κ1) is 16.0. The highest BCUT2D eigenvalue weighted by Crippen LogP contribution is 2.71. The molecule has 0 heterocycles. The molecule has 0 saturated heterocycles. The van der Waals surface area contributed by atoms with E-state index >= 15 is 0 Å². The maximum Gasteiger partial charge on any atom is -0.000967 e. The quantitative estimate of drug-likeness (QED) is 0.722. The molecule has 1 N–H and O–H groups in total. The van der Waals surface area contributed by atoms with Crippen LogP contribution in [0.1, 0.15) is 68.2 Å². The van der Waals surface area contributed by atoms with Gasteiger partial charge >= 0.3 is 0 Å². The standard InChI is InChI=1S/C17H35N/c1-13(2)11-18-12-14-16(6,7)17(14,8)10-9-15(3,4)5/h13-14,18H,9-12H2,1-8H3. The summed E-state index contributed by atoms with van der Waals surface area (Å²) in [6, 6.07) is 0. The highest BCUT2D eigenvalue weighted by molar-refractivity contribution is 5.15. The average molecular weight is 253 g/mol. The van der Waals surface area contributed by atoms with Crippen LogP contribution < -0.4 is 5.32 Å². The van der Waals surface area contributed by atoms with Crippen molar-refractivity contribution >= 4 is 0 Å². The Bertz CT molecular complexity index is 272. The molecule has 1 aliphatic carbocycles. The lowest BCUT2D eigenvalue weighted by Gasteiger charge is -2.23. The Morgan fingerprint density at radius 2 is 1.67 bits per heavy atom. The van der Waals surface area contributed by atoms with Gasteiger partial charge in [-0.2, -0.15) is 0 Å². The summed E-state index contributed by atoms with van der Waals surface area (Å²) in [6.07, 6.45) is 2.71. The van der Waals surface area contributed by atoms with Crippen LogP contribution in [0.2, 0.25) is 0 Å². The van der Waals surface area contributed by atoms with Crippen molar-refractivity contribution in [3.8, 4) is 0 Å². The molecule has 1 heteroatoms. The third-order valence-electron chi connectivity index (χ3n) is 5.32. The van der Waals surface area contributed by atoms with E-state index in [0.717, 1.165) is 18.4 Å². The van der Waals surface area contributed by atoms with Crippen LogP contribution in [0.25, 0.3) is 0 Å². The third kappa shape index (κ3) is 3.50. The van der Waals surface area contributed by atoms with E-state index in [4.69, 9.17) is 0 Å². The zero-order chi connectivity index (χ0) is 14.2. The first-order valence-corrected chi connectivity index (χ1v) is 7.71. The van der Waals surface area contributed by atoms with E-state index in [1.165, 1.54) is 19.4 Å². The molecule has 0 aliphatic heterocycles. The molecule has 1 fully saturated rings. The smallest absolute Gasteiger partial charge is 0.000967 e. The highest BCUT2D eigenvalue weighted by atomic mass is 14.9. The maximum atomic E-state index is 3.65. The predicted octanol–water partition coefficient (Wildman–Crippen LogP) is 4.72. The van der Waals surface area contributed by atoms with E-state index in [1.807, 2.05) is 0 Å². The molecule has 0 spiro atoms. The first-order valence-electron chi connectivity index (χ1n) is 7.71. The van der Waals surface area contributed by atoms with Gasteiger partial charge in [-0.3, -0.25) is 0 Å². The lowest BCUT2D eigenvalue weighted by molar-refractivity contribution is 0.285. The Morgan fingerprint density at radius 3 is 2.11 bits per heavy atom. The lowest BCUT2D eigenvalue weighted by Crippen LogP contribution is -2.24. The van der Waals surface area contributed by atoms with Crippen LogP contribution in [0.3, 0.4) is 0 Å². The SMILES string of the molecule is CC(C)CNCC1C(C)(C)C1(C)CCC(C)(C)C. The predicted molar refractivity (Wildman–Crippen MR) is 81.8 cm³/mol. The van der Waals surface area contributed by atoms with Crippen LogP contribution >= 0.6 is 0 Å². The highest BCUT2D eigenvalue weighted by Gasteiger charge is 2.66. The molecule has 18 heavy (non-hydrogen) atoms. The van der Waals surface area contributed by atoms with E-state index in [0.29, 0.717) is 16.2 Å². The van der Waals surface area contributed by atoms with Gasteiger partial charge in [0.25, 0.3) is 0 Å². The van der Waals surface area contributed by atoms with Crippen LogP contribution in [-0.4, -0.2) is 13.1 Å². The molecular weight excluding hydrogens is 218 g/mol. The molecule has 2 atom stereocenters. The van der Waals surface area contributed by atoms with Crippen molar-refractivity contribution in [1.82, 2.24) is 5.32 Å². The van der Waals surface area contributed by atoms with E-state index in [2.05, 4.69) is 60.7 Å². The fraction of sp³-hybridized carbons (Fsp3) is 1.00. The molecule has 0 aromatic heterocycles. The van der Waals surface area contributed by atoms with Crippen molar-refractivity contribution in [3.05, 3.63) is 0 Å². The van der Waals surface area contributed by atoms with Gasteiger partial charge in [0.15, 0.2) is 0 Å². The fourth-order valence-corrected chi connectivity index (χ4v) is 3.33. The molecule has 1 saturated carbocycles. The number of hydrogen-bond donors (Lipinski definition) is 1. The molecule has 2 unspecified atom stereocenters. The van der Waals surface area contributed by atoms with E-state index in [-0.39, 0.29) is 0 Å². The molecule has 1 rings (SSSR count). The molecule has 0 amide bonds. The van der Waals surface area contributed by atoms with Gasteiger partial charge in [-0.05, 0) is 54.0 Å². The van der Waals surface area contributed by atoms with Crippen molar-refractivity contribution in [2.45, 2.75) is 68.2 Å². The van der Waals surface area contributed by atoms with Crippen LogP contribution in [0, 0.1) is 28.1 Å². The monoisotopic (exact) mass is 253 g/mol. The average Bonchev–Trinajstić information content (AvgIpc) is 2.59. The Hall–Kier alpha value is -0.0400. The van der Waals surface area contributed by atoms with Crippen molar-refractivity contribution < 1.29 is 0 Å². The van der Waals surface area contributed by atoms with Crippen molar-refractivity contribution in [1.29, 1.82) is 0 Å².